The summed E-state index contributed by atoms with van der Waals surface area (Å²) in [5.74, 6) is 0.396. The number of nitrogens with two attached hydrogens (primary N) is 1. The van der Waals surface area contributed by atoms with Crippen LogP contribution >= 0.6 is 0 Å². The number of nitrogens with one attached hydrogen (secondary N) is 1. The molecule has 1 aliphatic heterocycles. The topological polar surface area (TPSA) is 98.2 Å². The maximum absolute atomic E-state index is 11.6. The van der Waals surface area contributed by atoms with Crippen molar-refractivity contribution in [2.75, 3.05) is 22.6 Å². The number of hydrogen-bond donors (Lipinski definition) is 2. The summed E-state index contributed by atoms with van der Waals surface area (Å²) < 4.78 is 28.7. The van der Waals surface area contributed by atoms with Gasteiger partial charge in [-0.3, -0.25) is 0 Å². The van der Waals surface area contributed by atoms with E-state index in [2.05, 4.69) is 10.3 Å². The molecule has 19 heavy (non-hydrogen) atoms. The average Bonchev–Trinajstić information content (AvgIpc) is 2.71. The monoisotopic (exact) mass is 281 g/mol. The van der Waals surface area contributed by atoms with Gasteiger partial charge in [0.2, 0.25) is 0 Å². The molecule has 0 bridgehead atoms. The summed E-state index contributed by atoms with van der Waals surface area (Å²) in [6.07, 6.45) is 1.47. The van der Waals surface area contributed by atoms with E-state index >= 15 is 0 Å². The van der Waals surface area contributed by atoms with Gasteiger partial charge in [0.1, 0.15) is 5.52 Å². The summed E-state index contributed by atoms with van der Waals surface area (Å²) in [6, 6.07) is 5.50. The van der Waals surface area contributed by atoms with E-state index in [-0.39, 0.29) is 17.5 Å². The molecule has 0 radical (unpaired) electrons. The van der Waals surface area contributed by atoms with E-state index in [0.717, 1.165) is 6.42 Å². The lowest BCUT2D eigenvalue weighted by Crippen LogP contribution is -2.34. The molecule has 1 aromatic heterocycles. The van der Waals surface area contributed by atoms with E-state index in [1.54, 1.807) is 18.2 Å². The van der Waals surface area contributed by atoms with E-state index in [1.165, 1.54) is 0 Å². The van der Waals surface area contributed by atoms with E-state index in [0.29, 0.717) is 29.2 Å². The van der Waals surface area contributed by atoms with Crippen LogP contribution in [0, 0.1) is 0 Å². The second-order valence-corrected chi connectivity index (χ2v) is 7.04. The number of rotatable bonds is 2. The standard InChI is InChI=1S/C12H15N3O3S/c13-9-4-1-5-10-11(9)15-12(18-10)14-8-3-2-6-19(16,17)7-8/h1,4-5,8H,2-3,6-7,13H2,(H,14,15). The first-order valence-corrected chi connectivity index (χ1v) is 7.98. The molecule has 1 aliphatic rings. The molecule has 7 heteroatoms. The summed E-state index contributed by atoms with van der Waals surface area (Å²) in [5, 5.41) is 3.04. The highest BCUT2D eigenvalue weighted by Crippen LogP contribution is 2.25. The molecule has 6 nitrogen and oxygen atoms in total. The van der Waals surface area contributed by atoms with Gasteiger partial charge < -0.3 is 15.5 Å². The predicted molar refractivity (Wildman–Crippen MR) is 73.7 cm³/mol. The number of nitrogens with zero attached hydrogens (tertiary/aromatic N) is 1. The van der Waals surface area contributed by atoms with Gasteiger partial charge in [-0.25, -0.2) is 8.42 Å². The van der Waals surface area contributed by atoms with E-state index in [4.69, 9.17) is 10.2 Å². The highest BCUT2D eigenvalue weighted by molar-refractivity contribution is 7.91. The molecule has 0 saturated carbocycles. The highest BCUT2D eigenvalue weighted by Gasteiger charge is 2.25. The first-order chi connectivity index (χ1) is 9.03. The summed E-state index contributed by atoms with van der Waals surface area (Å²) in [6.45, 7) is 0. The van der Waals surface area contributed by atoms with Crippen LogP contribution in [0.3, 0.4) is 0 Å². The molecule has 1 atom stereocenters. The van der Waals surface area contributed by atoms with Crippen molar-refractivity contribution in [2.24, 2.45) is 0 Å². The molecule has 1 fully saturated rings. The minimum absolute atomic E-state index is 0.126. The number of para-hydroxylation sites is 1. The maximum atomic E-state index is 11.6. The van der Waals surface area contributed by atoms with E-state index < -0.39 is 9.84 Å². The highest BCUT2D eigenvalue weighted by atomic mass is 32.2. The van der Waals surface area contributed by atoms with Crippen LogP contribution in [0.2, 0.25) is 0 Å². The Kier molecular flexibility index (Phi) is 2.85. The molecular formula is C12H15N3O3S. The number of fused-ring (bicyclic) bond motifs is 1. The zero-order valence-electron chi connectivity index (χ0n) is 10.3. The summed E-state index contributed by atoms with van der Waals surface area (Å²) >= 11 is 0. The Hall–Kier alpha value is -1.76. The molecule has 1 saturated heterocycles. The molecule has 2 heterocycles. The lowest BCUT2D eigenvalue weighted by molar-refractivity contribution is 0.548. The van der Waals surface area contributed by atoms with Crippen LogP contribution in [0.4, 0.5) is 11.7 Å². The number of oxazole rings is 1. The second-order valence-electron chi connectivity index (χ2n) is 4.81. The van der Waals surface area contributed by atoms with Crippen LogP contribution in [-0.4, -0.2) is 30.9 Å². The third-order valence-corrected chi connectivity index (χ3v) is 5.06. The van der Waals surface area contributed by atoms with E-state index in [1.807, 2.05) is 0 Å². The Bertz CT molecular complexity index is 708. The van der Waals surface area contributed by atoms with Crippen molar-refractivity contribution in [1.82, 2.24) is 4.98 Å². The first-order valence-electron chi connectivity index (χ1n) is 6.15. The van der Waals surface area contributed by atoms with Gasteiger partial charge in [0.05, 0.1) is 17.2 Å². The van der Waals surface area contributed by atoms with Gasteiger partial charge in [0, 0.05) is 6.04 Å². The minimum atomic E-state index is -2.95. The Morgan fingerprint density at radius 3 is 3.00 bits per heavy atom. The van der Waals surface area contributed by atoms with Gasteiger partial charge in [-0.1, -0.05) is 6.07 Å². The fourth-order valence-corrected chi connectivity index (χ4v) is 3.98. The normalized spacial score (nSPS) is 22.4. The van der Waals surface area contributed by atoms with Gasteiger partial charge >= 0.3 is 0 Å². The SMILES string of the molecule is Nc1cccc2oc(NC3CCCS(=O)(=O)C3)nc12. The average molecular weight is 281 g/mol. The maximum Gasteiger partial charge on any atom is 0.296 e. The van der Waals surface area contributed by atoms with Gasteiger partial charge in [0.25, 0.3) is 6.01 Å². The largest absolute Gasteiger partial charge is 0.423 e. The van der Waals surface area contributed by atoms with Crippen LogP contribution in [0.25, 0.3) is 11.1 Å². The summed E-state index contributed by atoms with van der Waals surface area (Å²) in [7, 11) is -2.95. The van der Waals surface area contributed by atoms with Crippen molar-refractivity contribution in [3.05, 3.63) is 18.2 Å². The molecule has 3 N–H and O–H groups in total. The third kappa shape index (κ3) is 2.51. The number of benzene rings is 1. The van der Waals surface area contributed by atoms with Crippen LogP contribution in [-0.2, 0) is 9.84 Å². The first kappa shape index (κ1) is 12.3. The van der Waals surface area contributed by atoms with Gasteiger partial charge in [-0.15, -0.1) is 0 Å². The van der Waals surface area contributed by atoms with Crippen molar-refractivity contribution >= 4 is 32.6 Å². The van der Waals surface area contributed by atoms with Crippen LogP contribution in [0.15, 0.2) is 22.6 Å². The smallest absolute Gasteiger partial charge is 0.296 e. The molecule has 0 amide bonds. The molecule has 1 aromatic carbocycles. The molecule has 1 unspecified atom stereocenters. The lowest BCUT2D eigenvalue weighted by atomic mass is 10.2. The fourth-order valence-electron chi connectivity index (χ4n) is 2.34. The molecule has 0 spiro atoms. The minimum Gasteiger partial charge on any atom is -0.423 e. The second kappa shape index (κ2) is 4.41. The van der Waals surface area contributed by atoms with Crippen LogP contribution in [0.1, 0.15) is 12.8 Å². The summed E-state index contributed by atoms with van der Waals surface area (Å²) in [4.78, 5) is 4.26. The molecule has 102 valence electrons. The molecule has 3 rings (SSSR count). The predicted octanol–water partition coefficient (Wildman–Crippen LogP) is 1.40. The van der Waals surface area contributed by atoms with Crippen LogP contribution < -0.4 is 11.1 Å². The fraction of sp³-hybridized carbons (Fsp3) is 0.417. The Morgan fingerprint density at radius 1 is 1.42 bits per heavy atom. The van der Waals surface area contributed by atoms with Crippen molar-refractivity contribution in [1.29, 1.82) is 0 Å². The molecule has 0 aliphatic carbocycles. The van der Waals surface area contributed by atoms with E-state index in [9.17, 15) is 8.42 Å². The van der Waals surface area contributed by atoms with Gasteiger partial charge in [-0.05, 0) is 25.0 Å². The Morgan fingerprint density at radius 2 is 2.26 bits per heavy atom. The summed E-state index contributed by atoms with van der Waals surface area (Å²) in [5.41, 5.74) is 7.55. The van der Waals surface area contributed by atoms with Crippen molar-refractivity contribution in [2.45, 2.75) is 18.9 Å². The number of sulfone groups is 1. The van der Waals surface area contributed by atoms with Crippen molar-refractivity contribution in [3.63, 3.8) is 0 Å². The van der Waals surface area contributed by atoms with Crippen molar-refractivity contribution < 1.29 is 12.8 Å². The van der Waals surface area contributed by atoms with Gasteiger partial charge in [-0.2, -0.15) is 4.98 Å². The molecule has 2 aromatic rings. The van der Waals surface area contributed by atoms with Crippen molar-refractivity contribution in [3.8, 4) is 0 Å². The number of aromatic nitrogens is 1. The third-order valence-electron chi connectivity index (χ3n) is 3.24. The number of anilines is 2. The zero-order chi connectivity index (χ0) is 13.5. The Balaban J connectivity index is 1.84. The lowest BCUT2D eigenvalue weighted by Gasteiger charge is -2.21. The molecular weight excluding hydrogens is 266 g/mol. The Labute approximate surface area is 110 Å². The number of hydrogen-bond acceptors (Lipinski definition) is 6. The quantitative estimate of drug-likeness (QED) is 0.807. The number of nitrogen functional groups attached to an aromatic ring is 1. The van der Waals surface area contributed by atoms with Crippen LogP contribution in [0.5, 0.6) is 0 Å². The van der Waals surface area contributed by atoms with Gasteiger partial charge in [0.15, 0.2) is 15.4 Å². The zero-order valence-corrected chi connectivity index (χ0v) is 11.1.